The van der Waals surface area contributed by atoms with E-state index in [1.165, 1.54) is 19.2 Å². The zero-order chi connectivity index (χ0) is 13.9. The van der Waals surface area contributed by atoms with Gasteiger partial charge in [-0.15, -0.1) is 0 Å². The molecule has 0 saturated heterocycles. The van der Waals surface area contributed by atoms with Crippen LogP contribution in [0.25, 0.3) is 0 Å². The number of rotatable bonds is 5. The summed E-state index contributed by atoms with van der Waals surface area (Å²) in [6.07, 6.45) is -3.79. The van der Waals surface area contributed by atoms with Gasteiger partial charge in [0.1, 0.15) is 6.10 Å². The van der Waals surface area contributed by atoms with Crippen molar-refractivity contribution in [1.29, 1.82) is 0 Å². The summed E-state index contributed by atoms with van der Waals surface area (Å²) in [6.45, 7) is 0. The molecule has 0 heterocycles. The predicted octanol–water partition coefficient (Wildman–Crippen LogP) is -0.308. The molecular weight excluding hydrogens is 244 g/mol. The maximum atomic E-state index is 10.8. The van der Waals surface area contributed by atoms with Crippen LogP contribution in [0.2, 0.25) is 0 Å². The van der Waals surface area contributed by atoms with Crippen LogP contribution in [0.4, 0.5) is 0 Å². The summed E-state index contributed by atoms with van der Waals surface area (Å²) in [4.78, 5) is 21.4. The normalized spacial score (nSPS) is 13.7. The Kier molecular flexibility index (Phi) is 4.24. The molecule has 0 aliphatic heterocycles. The van der Waals surface area contributed by atoms with Crippen molar-refractivity contribution < 1.29 is 34.8 Å². The fourth-order valence-corrected chi connectivity index (χ4v) is 1.47. The predicted molar refractivity (Wildman–Crippen MR) is 58.6 cm³/mol. The minimum absolute atomic E-state index is 0.0489. The number of carboxylic acids is 1. The van der Waals surface area contributed by atoms with Gasteiger partial charge in [-0.05, 0) is 12.1 Å². The molecule has 0 aromatic heterocycles. The van der Waals surface area contributed by atoms with Crippen molar-refractivity contribution in [2.24, 2.45) is 0 Å². The van der Waals surface area contributed by atoms with E-state index in [9.17, 15) is 24.9 Å². The number of carboxylic acid groups (broad SMARTS) is 1. The number of carbonyl (C=O) groups is 2. The van der Waals surface area contributed by atoms with Crippen molar-refractivity contribution in [3.8, 4) is 11.5 Å². The van der Waals surface area contributed by atoms with Gasteiger partial charge in [-0.3, -0.25) is 4.79 Å². The summed E-state index contributed by atoms with van der Waals surface area (Å²) in [6, 6.07) is 2.51. The Morgan fingerprint density at radius 3 is 2.44 bits per heavy atom. The molecule has 1 aromatic carbocycles. The van der Waals surface area contributed by atoms with E-state index in [1.54, 1.807) is 0 Å². The minimum atomic E-state index is -2.17. The van der Waals surface area contributed by atoms with Crippen LogP contribution >= 0.6 is 0 Å². The SMILES string of the molecule is COc1ccc(C=O)c(C(O)C(O)C(=O)O)c1O. The minimum Gasteiger partial charge on any atom is -0.504 e. The highest BCUT2D eigenvalue weighted by atomic mass is 16.5. The number of aldehydes is 1. The molecular formula is C11H12O7. The van der Waals surface area contributed by atoms with Gasteiger partial charge in [0.25, 0.3) is 0 Å². The van der Waals surface area contributed by atoms with E-state index in [-0.39, 0.29) is 16.9 Å². The van der Waals surface area contributed by atoms with Gasteiger partial charge in [-0.25, -0.2) is 4.79 Å². The Morgan fingerprint density at radius 2 is 2.00 bits per heavy atom. The lowest BCUT2D eigenvalue weighted by molar-refractivity contribution is -0.153. The third-order valence-corrected chi connectivity index (χ3v) is 2.41. The Labute approximate surface area is 102 Å². The largest absolute Gasteiger partial charge is 0.504 e. The number of methoxy groups -OCH3 is 1. The summed E-state index contributed by atoms with van der Waals surface area (Å²) >= 11 is 0. The molecule has 7 heteroatoms. The standard InChI is InChI=1S/C11H12O7/c1-18-6-3-2-5(4-12)7(8(6)13)9(14)10(15)11(16)17/h2-4,9-10,13-15H,1H3,(H,16,17). The number of hydrogen-bond donors (Lipinski definition) is 4. The summed E-state index contributed by atoms with van der Waals surface area (Å²) in [5, 5.41) is 37.2. The first-order valence-electron chi connectivity index (χ1n) is 4.88. The highest BCUT2D eigenvalue weighted by Gasteiger charge is 2.30. The number of benzene rings is 1. The lowest BCUT2D eigenvalue weighted by Gasteiger charge is -2.18. The monoisotopic (exact) mass is 256 g/mol. The number of aliphatic hydroxyl groups is 2. The third-order valence-electron chi connectivity index (χ3n) is 2.41. The molecule has 4 N–H and O–H groups in total. The van der Waals surface area contributed by atoms with Gasteiger partial charge in [0.2, 0.25) is 0 Å². The molecule has 2 atom stereocenters. The van der Waals surface area contributed by atoms with E-state index < -0.39 is 23.9 Å². The Bertz CT molecular complexity index is 469. The van der Waals surface area contributed by atoms with E-state index in [0.717, 1.165) is 0 Å². The van der Waals surface area contributed by atoms with Crippen LogP contribution in [0.3, 0.4) is 0 Å². The van der Waals surface area contributed by atoms with Crippen molar-refractivity contribution in [3.63, 3.8) is 0 Å². The molecule has 0 amide bonds. The number of aromatic hydroxyl groups is 1. The van der Waals surface area contributed by atoms with Gasteiger partial charge >= 0.3 is 5.97 Å². The van der Waals surface area contributed by atoms with Gasteiger partial charge in [-0.2, -0.15) is 0 Å². The molecule has 18 heavy (non-hydrogen) atoms. The van der Waals surface area contributed by atoms with E-state index in [0.29, 0.717) is 6.29 Å². The molecule has 98 valence electrons. The first-order valence-corrected chi connectivity index (χ1v) is 4.88. The van der Waals surface area contributed by atoms with Crippen LogP contribution in [0.1, 0.15) is 22.0 Å². The van der Waals surface area contributed by atoms with Crippen molar-refractivity contribution >= 4 is 12.3 Å². The first-order chi connectivity index (χ1) is 8.43. The molecule has 2 unspecified atom stereocenters. The molecule has 0 radical (unpaired) electrons. The Balaban J connectivity index is 3.36. The topological polar surface area (TPSA) is 124 Å². The number of aliphatic hydroxyl groups excluding tert-OH is 2. The van der Waals surface area contributed by atoms with E-state index in [2.05, 4.69) is 0 Å². The van der Waals surface area contributed by atoms with Crippen LogP contribution in [-0.4, -0.2) is 45.9 Å². The Morgan fingerprint density at radius 1 is 1.39 bits per heavy atom. The molecule has 7 nitrogen and oxygen atoms in total. The van der Waals surface area contributed by atoms with Crippen LogP contribution in [0.15, 0.2) is 12.1 Å². The number of aliphatic carboxylic acids is 1. The van der Waals surface area contributed by atoms with Crippen LogP contribution in [0.5, 0.6) is 11.5 Å². The molecule has 0 saturated carbocycles. The summed E-state index contributed by atoms with van der Waals surface area (Å²) in [5.74, 6) is -2.32. The van der Waals surface area contributed by atoms with E-state index in [1.807, 2.05) is 0 Å². The summed E-state index contributed by atoms with van der Waals surface area (Å²) in [5.41, 5.74) is -0.527. The highest BCUT2D eigenvalue weighted by Crippen LogP contribution is 2.37. The smallest absolute Gasteiger partial charge is 0.335 e. The lowest BCUT2D eigenvalue weighted by atomic mass is 9.97. The molecule has 1 rings (SSSR count). The number of ether oxygens (including phenoxy) is 1. The van der Waals surface area contributed by atoms with Crippen molar-refractivity contribution in [2.45, 2.75) is 12.2 Å². The van der Waals surface area contributed by atoms with Crippen LogP contribution < -0.4 is 4.74 Å². The van der Waals surface area contributed by atoms with Gasteiger partial charge in [0.05, 0.1) is 7.11 Å². The van der Waals surface area contributed by atoms with Gasteiger partial charge < -0.3 is 25.2 Å². The lowest BCUT2D eigenvalue weighted by Crippen LogP contribution is -2.28. The second kappa shape index (κ2) is 5.48. The number of hydrogen-bond acceptors (Lipinski definition) is 6. The van der Waals surface area contributed by atoms with Gasteiger partial charge in [-0.1, -0.05) is 0 Å². The molecule has 0 bridgehead atoms. The van der Waals surface area contributed by atoms with Crippen LogP contribution in [-0.2, 0) is 4.79 Å². The quantitative estimate of drug-likeness (QED) is 0.533. The maximum Gasteiger partial charge on any atom is 0.335 e. The van der Waals surface area contributed by atoms with Gasteiger partial charge in [0.15, 0.2) is 23.9 Å². The second-order valence-electron chi connectivity index (χ2n) is 3.47. The second-order valence-corrected chi connectivity index (χ2v) is 3.47. The van der Waals surface area contributed by atoms with Gasteiger partial charge in [0, 0.05) is 11.1 Å². The van der Waals surface area contributed by atoms with Crippen molar-refractivity contribution in [3.05, 3.63) is 23.3 Å². The van der Waals surface area contributed by atoms with Crippen molar-refractivity contribution in [1.82, 2.24) is 0 Å². The average molecular weight is 256 g/mol. The molecule has 1 aromatic rings. The third kappa shape index (κ3) is 2.41. The molecule has 0 aliphatic rings. The summed E-state index contributed by atoms with van der Waals surface area (Å²) in [7, 11) is 1.25. The summed E-state index contributed by atoms with van der Waals surface area (Å²) < 4.78 is 4.77. The fourth-order valence-electron chi connectivity index (χ4n) is 1.47. The zero-order valence-electron chi connectivity index (χ0n) is 9.40. The average Bonchev–Trinajstić information content (AvgIpc) is 2.36. The number of carbonyl (C=O) groups excluding carboxylic acids is 1. The Hall–Kier alpha value is -2.12. The van der Waals surface area contributed by atoms with Crippen molar-refractivity contribution in [2.75, 3.05) is 7.11 Å². The zero-order valence-corrected chi connectivity index (χ0v) is 9.40. The fraction of sp³-hybridized carbons (Fsp3) is 0.273. The molecule has 0 spiro atoms. The highest BCUT2D eigenvalue weighted by molar-refractivity contribution is 5.81. The van der Waals surface area contributed by atoms with E-state index >= 15 is 0 Å². The molecule has 0 aliphatic carbocycles. The first kappa shape index (κ1) is 13.9. The molecule has 0 fully saturated rings. The van der Waals surface area contributed by atoms with Crippen LogP contribution in [0, 0.1) is 0 Å². The maximum absolute atomic E-state index is 10.8. The number of phenols is 1. The van der Waals surface area contributed by atoms with E-state index in [4.69, 9.17) is 9.84 Å². The number of phenolic OH excluding ortho intramolecular Hbond substituents is 1.